The van der Waals surface area contributed by atoms with Gasteiger partial charge in [-0.15, -0.1) is 0 Å². The summed E-state index contributed by atoms with van der Waals surface area (Å²) >= 11 is 0. The second-order valence-electron chi connectivity index (χ2n) is 7.57. The van der Waals surface area contributed by atoms with E-state index in [1.807, 2.05) is 32.0 Å². The van der Waals surface area contributed by atoms with Crippen molar-refractivity contribution in [1.29, 1.82) is 0 Å². The highest BCUT2D eigenvalue weighted by atomic mass is 16.6. The molecule has 1 fully saturated rings. The van der Waals surface area contributed by atoms with Crippen molar-refractivity contribution >= 4 is 23.0 Å². The summed E-state index contributed by atoms with van der Waals surface area (Å²) in [7, 11) is 0. The second kappa shape index (κ2) is 8.42. The van der Waals surface area contributed by atoms with Gasteiger partial charge in [-0.25, -0.2) is 0 Å². The molecule has 0 aromatic heterocycles. The summed E-state index contributed by atoms with van der Waals surface area (Å²) in [6, 6.07) is 10.7. The van der Waals surface area contributed by atoms with Gasteiger partial charge in [-0.3, -0.25) is 14.9 Å². The Morgan fingerprint density at radius 3 is 2.79 bits per heavy atom. The van der Waals surface area contributed by atoms with Crippen molar-refractivity contribution in [1.82, 2.24) is 0 Å². The third-order valence-electron chi connectivity index (χ3n) is 5.41. The lowest BCUT2D eigenvalue weighted by Crippen LogP contribution is -2.34. The molecule has 0 bridgehead atoms. The fourth-order valence-corrected chi connectivity index (χ4v) is 3.87. The molecule has 1 N–H and O–H groups in total. The number of nitro benzene ring substituents is 1. The summed E-state index contributed by atoms with van der Waals surface area (Å²) < 4.78 is 0. The van der Waals surface area contributed by atoms with Crippen LogP contribution >= 0.6 is 0 Å². The highest BCUT2D eigenvalue weighted by Crippen LogP contribution is 2.33. The van der Waals surface area contributed by atoms with E-state index in [2.05, 4.69) is 17.1 Å². The molecule has 1 saturated heterocycles. The van der Waals surface area contributed by atoms with E-state index < -0.39 is 4.92 Å². The van der Waals surface area contributed by atoms with E-state index in [0.29, 0.717) is 17.2 Å². The van der Waals surface area contributed by atoms with Crippen LogP contribution in [-0.2, 0) is 6.42 Å². The van der Waals surface area contributed by atoms with E-state index in [0.717, 1.165) is 49.2 Å². The Kier molecular flexibility index (Phi) is 5.97. The fourth-order valence-electron chi connectivity index (χ4n) is 3.87. The molecule has 0 radical (unpaired) electrons. The summed E-state index contributed by atoms with van der Waals surface area (Å²) in [5, 5.41) is 14.6. The van der Waals surface area contributed by atoms with Gasteiger partial charge in [-0.1, -0.05) is 32.0 Å². The first-order valence-electron chi connectivity index (χ1n) is 9.84. The minimum atomic E-state index is -0.392. The molecule has 0 spiro atoms. The molecule has 3 rings (SSSR count). The Hall–Kier alpha value is -2.89. The first-order chi connectivity index (χ1) is 13.4. The van der Waals surface area contributed by atoms with Crippen LogP contribution in [0.1, 0.15) is 48.2 Å². The summed E-state index contributed by atoms with van der Waals surface area (Å²) in [6.45, 7) is 7.74. The Morgan fingerprint density at radius 1 is 1.32 bits per heavy atom. The van der Waals surface area contributed by atoms with E-state index in [1.165, 1.54) is 6.07 Å². The van der Waals surface area contributed by atoms with Crippen molar-refractivity contribution in [2.24, 2.45) is 5.92 Å². The maximum absolute atomic E-state index is 12.8. The Labute approximate surface area is 165 Å². The monoisotopic (exact) mass is 381 g/mol. The number of hydrogen-bond acceptors (Lipinski definition) is 4. The van der Waals surface area contributed by atoms with Crippen molar-refractivity contribution in [3.8, 4) is 0 Å². The number of nitrogens with zero attached hydrogens (tertiary/aromatic N) is 2. The lowest BCUT2D eigenvalue weighted by atomic mass is 9.99. The van der Waals surface area contributed by atoms with Crippen LogP contribution < -0.4 is 10.2 Å². The number of nitro groups is 1. The molecule has 28 heavy (non-hydrogen) atoms. The average molecular weight is 381 g/mol. The van der Waals surface area contributed by atoms with Gasteiger partial charge in [0.25, 0.3) is 11.6 Å². The molecule has 1 aliphatic heterocycles. The Balaban J connectivity index is 1.90. The molecule has 1 heterocycles. The number of carbonyl (C=O) groups excluding carboxylic acids is 1. The van der Waals surface area contributed by atoms with Crippen molar-refractivity contribution in [2.45, 2.75) is 40.0 Å². The molecule has 1 atom stereocenters. The van der Waals surface area contributed by atoms with Crippen molar-refractivity contribution in [3.63, 3.8) is 0 Å². The number of aryl methyl sites for hydroxylation is 2. The maximum Gasteiger partial charge on any atom is 0.293 e. The predicted octanol–water partition coefficient (Wildman–Crippen LogP) is 4.95. The summed E-state index contributed by atoms with van der Waals surface area (Å²) in [4.78, 5) is 26.2. The number of piperidine rings is 1. The van der Waals surface area contributed by atoms with Gasteiger partial charge in [0.1, 0.15) is 5.69 Å². The molecule has 1 amide bonds. The molecule has 2 aromatic rings. The molecule has 1 aliphatic rings. The average Bonchev–Trinajstić information content (AvgIpc) is 2.68. The maximum atomic E-state index is 12.8. The van der Waals surface area contributed by atoms with Crippen LogP contribution in [0.2, 0.25) is 0 Å². The molecule has 2 aromatic carbocycles. The minimum Gasteiger partial charge on any atom is -0.366 e. The Bertz CT molecular complexity index is 895. The lowest BCUT2D eigenvalue weighted by Gasteiger charge is -2.32. The van der Waals surface area contributed by atoms with E-state index in [1.54, 1.807) is 12.1 Å². The van der Waals surface area contributed by atoms with Crippen LogP contribution in [0, 0.1) is 23.0 Å². The van der Waals surface area contributed by atoms with Gasteiger partial charge in [0.2, 0.25) is 0 Å². The molecule has 6 heteroatoms. The number of hydrogen-bond donors (Lipinski definition) is 1. The van der Waals surface area contributed by atoms with Gasteiger partial charge in [0.05, 0.1) is 4.92 Å². The third-order valence-corrected chi connectivity index (χ3v) is 5.41. The summed E-state index contributed by atoms with van der Waals surface area (Å²) in [5.74, 6) is 0.176. The largest absolute Gasteiger partial charge is 0.366 e. The number of benzene rings is 2. The molecule has 148 valence electrons. The zero-order chi connectivity index (χ0) is 20.3. The quantitative estimate of drug-likeness (QED) is 0.587. The molecular weight excluding hydrogens is 354 g/mol. The lowest BCUT2D eigenvalue weighted by molar-refractivity contribution is -0.384. The zero-order valence-electron chi connectivity index (χ0n) is 16.7. The zero-order valence-corrected chi connectivity index (χ0v) is 16.7. The molecular formula is C22H27N3O3. The SMILES string of the molecule is CCc1cccc(C)c1NC(=O)c1ccc(N2CCC[C@H](C)C2)c([N+](=O)[O-])c1. The first kappa shape index (κ1) is 19.9. The number of para-hydroxylation sites is 1. The number of amides is 1. The highest BCUT2D eigenvalue weighted by molar-refractivity contribution is 6.06. The van der Waals surface area contributed by atoms with Crippen LogP contribution in [-0.4, -0.2) is 23.9 Å². The van der Waals surface area contributed by atoms with Crippen molar-refractivity contribution in [2.75, 3.05) is 23.3 Å². The minimum absolute atomic E-state index is 0.0118. The molecule has 6 nitrogen and oxygen atoms in total. The number of nitrogens with one attached hydrogen (secondary N) is 1. The molecule has 0 aliphatic carbocycles. The highest BCUT2D eigenvalue weighted by Gasteiger charge is 2.25. The van der Waals surface area contributed by atoms with Crippen molar-refractivity contribution < 1.29 is 9.72 Å². The van der Waals surface area contributed by atoms with E-state index in [9.17, 15) is 14.9 Å². The topological polar surface area (TPSA) is 75.5 Å². The molecule has 0 unspecified atom stereocenters. The normalized spacial score (nSPS) is 16.7. The van der Waals surface area contributed by atoms with Gasteiger partial charge in [0.15, 0.2) is 0 Å². The smallest absolute Gasteiger partial charge is 0.293 e. The van der Waals surface area contributed by atoms with Crippen molar-refractivity contribution in [3.05, 3.63) is 63.2 Å². The van der Waals surface area contributed by atoms with Crippen LogP contribution in [0.15, 0.2) is 36.4 Å². The number of rotatable bonds is 5. The van der Waals surface area contributed by atoms with Crippen LogP contribution in [0.4, 0.5) is 17.1 Å². The first-order valence-corrected chi connectivity index (χ1v) is 9.84. The van der Waals surface area contributed by atoms with Crippen LogP contribution in [0.3, 0.4) is 0 Å². The second-order valence-corrected chi connectivity index (χ2v) is 7.57. The fraction of sp³-hybridized carbons (Fsp3) is 0.409. The van der Waals surface area contributed by atoms with Gasteiger partial charge >= 0.3 is 0 Å². The third kappa shape index (κ3) is 4.16. The van der Waals surface area contributed by atoms with Gasteiger partial charge < -0.3 is 10.2 Å². The van der Waals surface area contributed by atoms with Gasteiger partial charge in [-0.05, 0) is 55.4 Å². The summed E-state index contributed by atoms with van der Waals surface area (Å²) in [6.07, 6.45) is 2.96. The number of carbonyl (C=O) groups is 1. The predicted molar refractivity (Wildman–Crippen MR) is 112 cm³/mol. The Morgan fingerprint density at radius 2 is 2.11 bits per heavy atom. The molecule has 0 saturated carbocycles. The van der Waals surface area contributed by atoms with Gasteiger partial charge in [0, 0.05) is 30.4 Å². The number of anilines is 2. The van der Waals surface area contributed by atoms with E-state index >= 15 is 0 Å². The van der Waals surface area contributed by atoms with Gasteiger partial charge in [-0.2, -0.15) is 0 Å². The van der Waals surface area contributed by atoms with E-state index in [4.69, 9.17) is 0 Å². The van der Waals surface area contributed by atoms with Crippen LogP contribution in [0.25, 0.3) is 0 Å². The standard InChI is InChI=1S/C22H27N3O3/c1-4-17-9-5-8-16(3)21(17)23-22(26)18-10-11-19(20(13-18)25(27)28)24-12-6-7-15(2)14-24/h5,8-11,13,15H,4,6-7,12,14H2,1-3H3,(H,23,26)/t15-/m0/s1. The van der Waals surface area contributed by atoms with E-state index in [-0.39, 0.29) is 11.6 Å². The summed E-state index contributed by atoms with van der Waals surface area (Å²) in [5.41, 5.74) is 3.68. The van der Waals surface area contributed by atoms with Crippen LogP contribution in [0.5, 0.6) is 0 Å².